The number of hydrogen-bond donors (Lipinski definition) is 4. The van der Waals surface area contributed by atoms with Gasteiger partial charge in [-0.25, -0.2) is 4.79 Å². The summed E-state index contributed by atoms with van der Waals surface area (Å²) in [5, 5.41) is 31.1. The molecule has 0 rings (SSSR count). The van der Waals surface area contributed by atoms with Crippen molar-refractivity contribution >= 4 is 5.97 Å². The molecule has 7 heteroatoms. The zero-order valence-corrected chi connectivity index (χ0v) is 13.4. The average molecular weight is 302 g/mol. The molecule has 110 valence electrons. The Labute approximate surface area is 124 Å². The van der Waals surface area contributed by atoms with E-state index in [1.54, 1.807) is 20.8 Å². The first kappa shape index (κ1) is 30.6. The number of rotatable bonds is 1. The molecule has 0 aromatic heterocycles. The Balaban J connectivity index is -0.0000000477. The molecule has 0 saturated carbocycles. The molecule has 0 atom stereocenters. The summed E-state index contributed by atoms with van der Waals surface area (Å²) in [7, 11) is 1.25. The minimum Gasteiger partial charge on any atom is -0.512 e. The third-order valence-corrected chi connectivity index (χ3v) is 0.528. The molecule has 0 aromatic rings. The van der Waals surface area contributed by atoms with Crippen molar-refractivity contribution in [2.45, 2.75) is 27.7 Å². The van der Waals surface area contributed by atoms with Crippen LogP contribution in [0.15, 0.2) is 11.8 Å². The maximum Gasteiger partial charge on any atom is 0.333 e. The minimum atomic E-state index is -0.537. The smallest absolute Gasteiger partial charge is 0.333 e. The van der Waals surface area contributed by atoms with Gasteiger partial charge in [-0.15, -0.1) is 0 Å². The molecule has 0 unspecified atom stereocenters. The zero-order chi connectivity index (χ0) is 14.7. The molecule has 0 spiro atoms. The normalized spacial score (nSPS) is 7.89. The Morgan fingerprint density at radius 1 is 1.06 bits per heavy atom. The van der Waals surface area contributed by atoms with Crippen LogP contribution in [0.3, 0.4) is 0 Å². The summed E-state index contributed by atoms with van der Waals surface area (Å²) in [4.78, 5) is 10.2. The number of carbonyl (C=O) groups excluding carboxylic acids is 1. The third-order valence-electron chi connectivity index (χ3n) is 0.528. The summed E-state index contributed by atoms with van der Waals surface area (Å²) in [6.07, 6.45) is 1.00. The molecule has 0 amide bonds. The summed E-state index contributed by atoms with van der Waals surface area (Å²) in [5.74, 6) is -0.582. The maximum atomic E-state index is 10.2. The van der Waals surface area contributed by atoms with E-state index < -0.39 is 5.97 Å². The van der Waals surface area contributed by atoms with Gasteiger partial charge in [0.05, 0.1) is 18.9 Å². The number of aliphatic hydroxyl groups excluding tert-OH is 4. The van der Waals surface area contributed by atoms with Gasteiger partial charge >= 0.3 is 5.97 Å². The number of aliphatic hydroxyl groups is 4. The summed E-state index contributed by atoms with van der Waals surface area (Å²) in [6, 6.07) is 0. The Morgan fingerprint density at radius 3 is 1.33 bits per heavy atom. The van der Waals surface area contributed by atoms with E-state index in [1.807, 2.05) is 0 Å². The fourth-order valence-corrected chi connectivity index (χ4v) is 0.229. The summed E-state index contributed by atoms with van der Waals surface area (Å²) in [5.41, 5.74) is 0. The van der Waals surface area contributed by atoms with Crippen LogP contribution in [0.1, 0.15) is 27.7 Å². The van der Waals surface area contributed by atoms with Crippen LogP contribution >= 0.6 is 0 Å². The molecule has 0 saturated heterocycles. The van der Waals surface area contributed by atoms with Crippen LogP contribution in [0.2, 0.25) is 0 Å². The van der Waals surface area contributed by atoms with E-state index in [1.165, 1.54) is 14.0 Å². The molecule has 0 fully saturated rings. The van der Waals surface area contributed by atoms with Crippen LogP contribution in [0.25, 0.3) is 0 Å². The predicted molar refractivity (Wildman–Crippen MR) is 66.7 cm³/mol. The van der Waals surface area contributed by atoms with Crippen LogP contribution < -0.4 is 0 Å². The van der Waals surface area contributed by atoms with Crippen LogP contribution in [0.4, 0.5) is 0 Å². The van der Waals surface area contributed by atoms with E-state index in [-0.39, 0.29) is 47.3 Å². The van der Waals surface area contributed by atoms with Gasteiger partial charge in [0, 0.05) is 41.5 Å². The maximum absolute atomic E-state index is 10.2. The SMILES string of the molecule is CCO.CCO.CCO.COC(=O)C=C(C)O.[Ti]. The summed E-state index contributed by atoms with van der Waals surface area (Å²) >= 11 is 0. The Kier molecular flexibility index (Phi) is 61.0. The zero-order valence-electron chi connectivity index (χ0n) is 11.8. The molecule has 0 aliphatic heterocycles. The molecule has 0 aromatic carbocycles. The molecular weight excluding hydrogens is 276 g/mol. The topological polar surface area (TPSA) is 107 Å². The average Bonchev–Trinajstić information content (AvgIpc) is 2.20. The van der Waals surface area contributed by atoms with Crippen molar-refractivity contribution in [3.63, 3.8) is 0 Å². The van der Waals surface area contributed by atoms with Gasteiger partial charge in [-0.3, -0.25) is 0 Å². The van der Waals surface area contributed by atoms with Crippen molar-refractivity contribution < 1.29 is 51.7 Å². The second kappa shape index (κ2) is 36.0. The molecule has 0 heterocycles. The van der Waals surface area contributed by atoms with E-state index in [2.05, 4.69) is 4.74 Å². The van der Waals surface area contributed by atoms with Gasteiger partial charge in [0.1, 0.15) is 0 Å². The molecule has 4 N–H and O–H groups in total. The first-order valence-corrected chi connectivity index (χ1v) is 5.19. The Morgan fingerprint density at radius 2 is 1.28 bits per heavy atom. The largest absolute Gasteiger partial charge is 0.512 e. The predicted octanol–water partition coefficient (Wildman–Crippen LogP) is 0.615. The van der Waals surface area contributed by atoms with Crippen molar-refractivity contribution in [1.29, 1.82) is 0 Å². The van der Waals surface area contributed by atoms with Crippen LogP contribution in [0, 0.1) is 0 Å². The fourth-order valence-electron chi connectivity index (χ4n) is 0.229. The van der Waals surface area contributed by atoms with Crippen molar-refractivity contribution in [2.24, 2.45) is 0 Å². The summed E-state index contributed by atoms with van der Waals surface area (Å²) in [6.45, 7) is 7.19. The van der Waals surface area contributed by atoms with E-state index in [0.29, 0.717) is 0 Å². The Hall–Kier alpha value is -0.396. The van der Waals surface area contributed by atoms with Gasteiger partial charge in [0.2, 0.25) is 0 Å². The second-order valence-corrected chi connectivity index (χ2v) is 2.26. The molecule has 0 aliphatic rings. The van der Waals surface area contributed by atoms with Gasteiger partial charge in [0.15, 0.2) is 0 Å². The van der Waals surface area contributed by atoms with Gasteiger partial charge < -0.3 is 25.2 Å². The van der Waals surface area contributed by atoms with E-state index >= 15 is 0 Å². The van der Waals surface area contributed by atoms with Gasteiger partial charge in [-0.2, -0.15) is 0 Å². The quantitative estimate of drug-likeness (QED) is 0.245. The van der Waals surface area contributed by atoms with Gasteiger partial charge in [-0.1, -0.05) is 0 Å². The van der Waals surface area contributed by atoms with Crippen molar-refractivity contribution in [3.8, 4) is 0 Å². The molecular formula is C11H26O6Ti. The number of carbonyl (C=O) groups is 1. The van der Waals surface area contributed by atoms with Gasteiger partial charge in [0.25, 0.3) is 0 Å². The molecule has 18 heavy (non-hydrogen) atoms. The van der Waals surface area contributed by atoms with Crippen LogP contribution in [-0.4, -0.2) is 53.3 Å². The number of hydrogen-bond acceptors (Lipinski definition) is 6. The monoisotopic (exact) mass is 302 g/mol. The van der Waals surface area contributed by atoms with Crippen molar-refractivity contribution in [3.05, 3.63) is 11.8 Å². The number of esters is 1. The van der Waals surface area contributed by atoms with Gasteiger partial charge in [-0.05, 0) is 27.7 Å². The minimum absolute atomic E-state index is 0. The molecule has 0 aliphatic carbocycles. The molecule has 6 nitrogen and oxygen atoms in total. The van der Waals surface area contributed by atoms with Crippen molar-refractivity contribution in [2.75, 3.05) is 26.9 Å². The van der Waals surface area contributed by atoms with Crippen LogP contribution in [-0.2, 0) is 31.2 Å². The first-order chi connectivity index (χ1) is 7.91. The molecule has 0 bridgehead atoms. The number of allylic oxidation sites excluding steroid dienone is 1. The van der Waals surface area contributed by atoms with Crippen molar-refractivity contribution in [1.82, 2.24) is 0 Å². The Bertz CT molecular complexity index is 153. The number of methoxy groups -OCH3 is 1. The first-order valence-electron chi connectivity index (χ1n) is 5.19. The number of ether oxygens (including phenoxy) is 1. The van der Waals surface area contributed by atoms with E-state index in [9.17, 15) is 4.79 Å². The van der Waals surface area contributed by atoms with E-state index in [0.717, 1.165) is 6.08 Å². The summed E-state index contributed by atoms with van der Waals surface area (Å²) < 4.78 is 4.19. The molecule has 0 radical (unpaired) electrons. The third kappa shape index (κ3) is 106. The second-order valence-electron chi connectivity index (χ2n) is 2.26. The van der Waals surface area contributed by atoms with E-state index in [4.69, 9.17) is 20.4 Å². The van der Waals surface area contributed by atoms with Crippen LogP contribution in [0.5, 0.6) is 0 Å². The fraction of sp³-hybridized carbons (Fsp3) is 0.727. The standard InChI is InChI=1S/C5H8O3.3C2H6O.Ti/c1-4(6)3-5(7)8-2;3*1-2-3;/h3,6H,1-2H3;3*3H,2H2,1H3;.